The zero-order valence-electron chi connectivity index (χ0n) is 22.7. The predicted octanol–water partition coefficient (Wildman–Crippen LogP) is 5.56. The summed E-state index contributed by atoms with van der Waals surface area (Å²) in [4.78, 5) is 27.8. The second-order valence-corrected chi connectivity index (χ2v) is 9.77. The maximum Gasteiger partial charge on any atom is 0.328 e. The van der Waals surface area contributed by atoms with Crippen molar-refractivity contribution < 1.29 is 42.1 Å². The number of unbranched alkanes of at least 4 members (excludes halogenated alkanes) is 1. The van der Waals surface area contributed by atoms with E-state index in [9.17, 15) is 27.2 Å². The maximum atomic E-state index is 14.0. The number of likely N-dealkylation sites (tertiary alicyclic amines) is 1. The van der Waals surface area contributed by atoms with Crippen LogP contribution in [0.1, 0.15) is 25.7 Å². The number of aliphatic imine (C=N–C) groups is 1. The van der Waals surface area contributed by atoms with Crippen LogP contribution in [0.25, 0.3) is 0 Å². The quantitative estimate of drug-likeness (QED) is 0.120. The van der Waals surface area contributed by atoms with E-state index in [0.717, 1.165) is 57.5 Å². The first-order valence-corrected chi connectivity index (χ1v) is 14.0. The molecule has 2 aromatic carbocycles. The van der Waals surface area contributed by atoms with Gasteiger partial charge in [0.1, 0.15) is 11.4 Å². The van der Waals surface area contributed by atoms with Crippen molar-refractivity contribution in [3.8, 4) is 5.75 Å². The highest BCUT2D eigenvalue weighted by Gasteiger charge is 2.24. The number of nitrogens with zero attached hydrogens (tertiary/aromatic N) is 3. The predicted molar refractivity (Wildman–Crippen MR) is 150 cm³/mol. The number of hydrogen-bond donors (Lipinski definition) is 2. The molecule has 1 heterocycles. The molecule has 1 aliphatic heterocycles. The highest BCUT2D eigenvalue weighted by atomic mass is 32.2. The van der Waals surface area contributed by atoms with Crippen LogP contribution >= 0.6 is 11.8 Å². The molecule has 0 aromatic heterocycles. The minimum absolute atomic E-state index is 0.249. The van der Waals surface area contributed by atoms with Crippen molar-refractivity contribution in [1.82, 2.24) is 9.80 Å². The fourth-order valence-corrected chi connectivity index (χ4v) is 4.60. The molecular formula is C28H33F4N3O5S. The van der Waals surface area contributed by atoms with Crippen molar-refractivity contribution in [2.24, 2.45) is 4.99 Å². The number of carbonyl (C=O) groups is 2. The number of carboxylic acids is 2. The molecule has 0 saturated carbocycles. The molecule has 0 aliphatic carbocycles. The van der Waals surface area contributed by atoms with Gasteiger partial charge in [-0.15, -0.1) is 0 Å². The van der Waals surface area contributed by atoms with Gasteiger partial charge in [-0.2, -0.15) is 0 Å². The second-order valence-electron chi connectivity index (χ2n) is 8.99. The normalized spacial score (nSPS) is 14.4. The molecule has 2 N–H and O–H groups in total. The highest BCUT2D eigenvalue weighted by molar-refractivity contribution is 8.13. The Kier molecular flexibility index (Phi) is 14.2. The Morgan fingerprint density at radius 3 is 2.15 bits per heavy atom. The molecular weight excluding hydrogens is 566 g/mol. The summed E-state index contributed by atoms with van der Waals surface area (Å²) < 4.78 is 59.6. The number of carboxylic acid groups (broad SMARTS) is 2. The van der Waals surface area contributed by atoms with Crippen LogP contribution in [-0.2, 0) is 9.59 Å². The van der Waals surface area contributed by atoms with Crippen LogP contribution in [0.5, 0.6) is 5.75 Å². The molecule has 1 fully saturated rings. The second kappa shape index (κ2) is 17.3. The summed E-state index contributed by atoms with van der Waals surface area (Å²) in [6.07, 6.45) is 6.59. The first-order chi connectivity index (χ1) is 19.5. The molecule has 224 valence electrons. The molecule has 0 spiro atoms. The molecule has 0 atom stereocenters. The molecule has 0 radical (unpaired) electrons. The number of amidine groups is 1. The van der Waals surface area contributed by atoms with Gasteiger partial charge in [-0.25, -0.2) is 32.1 Å². The summed E-state index contributed by atoms with van der Waals surface area (Å²) in [5.74, 6) is -5.31. The maximum absolute atomic E-state index is 14.0. The van der Waals surface area contributed by atoms with Crippen molar-refractivity contribution in [1.29, 1.82) is 0 Å². The Morgan fingerprint density at radius 1 is 1.00 bits per heavy atom. The van der Waals surface area contributed by atoms with Gasteiger partial charge in [-0.3, -0.25) is 0 Å². The average molecular weight is 600 g/mol. The Balaban J connectivity index is 0.000000642. The van der Waals surface area contributed by atoms with Crippen molar-refractivity contribution in [3.05, 3.63) is 71.8 Å². The van der Waals surface area contributed by atoms with Crippen molar-refractivity contribution in [2.45, 2.75) is 31.7 Å². The van der Waals surface area contributed by atoms with Crippen LogP contribution in [0.4, 0.5) is 23.2 Å². The van der Waals surface area contributed by atoms with E-state index in [1.807, 2.05) is 18.2 Å². The number of halogens is 4. The minimum atomic E-state index is -1.26. The van der Waals surface area contributed by atoms with E-state index in [4.69, 9.17) is 14.9 Å². The van der Waals surface area contributed by atoms with Crippen molar-refractivity contribution in [3.63, 3.8) is 0 Å². The van der Waals surface area contributed by atoms with Crippen LogP contribution in [-0.4, -0.2) is 82.7 Å². The van der Waals surface area contributed by atoms with Crippen LogP contribution in [0, 0.1) is 23.3 Å². The highest BCUT2D eigenvalue weighted by Crippen LogP contribution is 2.26. The van der Waals surface area contributed by atoms with Crippen LogP contribution in [0.3, 0.4) is 0 Å². The van der Waals surface area contributed by atoms with E-state index in [-0.39, 0.29) is 11.7 Å². The molecule has 8 nitrogen and oxygen atoms in total. The van der Waals surface area contributed by atoms with Gasteiger partial charge in [-0.1, -0.05) is 17.8 Å². The third-order valence-electron chi connectivity index (χ3n) is 6.13. The van der Waals surface area contributed by atoms with Gasteiger partial charge < -0.3 is 24.7 Å². The molecule has 1 saturated heterocycles. The smallest absolute Gasteiger partial charge is 0.328 e. The Hall–Kier alpha value is -3.58. The van der Waals surface area contributed by atoms with Crippen LogP contribution in [0.15, 0.2) is 53.5 Å². The van der Waals surface area contributed by atoms with Crippen molar-refractivity contribution in [2.75, 3.05) is 39.5 Å². The van der Waals surface area contributed by atoms with Crippen LogP contribution in [0.2, 0.25) is 0 Å². The molecule has 13 heteroatoms. The molecule has 0 amide bonds. The Labute approximate surface area is 240 Å². The van der Waals surface area contributed by atoms with Gasteiger partial charge in [0.05, 0.1) is 6.61 Å². The molecule has 0 unspecified atom stereocenters. The van der Waals surface area contributed by atoms with E-state index in [0.29, 0.717) is 29.7 Å². The first kappa shape index (κ1) is 33.6. The van der Waals surface area contributed by atoms with E-state index >= 15 is 0 Å². The van der Waals surface area contributed by atoms with Gasteiger partial charge in [0.2, 0.25) is 0 Å². The fraction of sp³-hybridized carbons (Fsp3) is 0.393. The number of rotatable bonds is 10. The molecule has 0 bridgehead atoms. The zero-order chi connectivity index (χ0) is 30.4. The standard InChI is InChI=1S/C24H29F4N3OS.C4H4O4/c1-30(24(33-2)29-23-20(26)6-5-7-21(23)27)17-10-13-31(14-11-17)12-3-4-15-32-18-8-9-19(25)22(28)16-18;5-3(6)1-2-4(7)8/h5-9,16-17H,3-4,10-15H2,1-2H3;1-2H,(H,5,6)(H,7,8)/b29-24-;2-1+. The van der Waals surface area contributed by atoms with Gasteiger partial charge in [0, 0.05) is 44.4 Å². The Morgan fingerprint density at radius 2 is 1.61 bits per heavy atom. The lowest BCUT2D eigenvalue weighted by Crippen LogP contribution is -2.45. The summed E-state index contributed by atoms with van der Waals surface area (Å²) in [5.41, 5.74) is -0.253. The van der Waals surface area contributed by atoms with E-state index in [1.165, 1.54) is 36.0 Å². The summed E-state index contributed by atoms with van der Waals surface area (Å²) in [5, 5.41) is 16.2. The Bertz CT molecular complexity index is 1190. The average Bonchev–Trinajstić information content (AvgIpc) is 2.94. The van der Waals surface area contributed by atoms with E-state index in [1.54, 1.807) is 0 Å². The number of ether oxygens (including phenoxy) is 1. The molecule has 2 aromatic rings. The topological polar surface area (TPSA) is 103 Å². The molecule has 3 rings (SSSR count). The van der Waals surface area contributed by atoms with Gasteiger partial charge in [0.25, 0.3) is 0 Å². The monoisotopic (exact) mass is 599 g/mol. The number of aliphatic carboxylic acids is 2. The first-order valence-electron chi connectivity index (χ1n) is 12.8. The lowest BCUT2D eigenvalue weighted by atomic mass is 10.0. The summed E-state index contributed by atoms with van der Waals surface area (Å²) in [6.45, 7) is 3.23. The van der Waals surface area contributed by atoms with E-state index < -0.39 is 35.2 Å². The lowest BCUT2D eigenvalue weighted by Gasteiger charge is -2.37. The minimum Gasteiger partial charge on any atom is -0.493 e. The zero-order valence-corrected chi connectivity index (χ0v) is 23.6. The number of piperidine rings is 1. The fourth-order valence-electron chi connectivity index (χ4n) is 3.98. The number of para-hydroxylation sites is 1. The molecule has 41 heavy (non-hydrogen) atoms. The molecule has 1 aliphatic rings. The van der Waals surface area contributed by atoms with Crippen molar-refractivity contribution >= 4 is 34.6 Å². The number of hydrogen-bond acceptors (Lipinski definition) is 6. The number of benzene rings is 2. The number of thioether (sulfide) groups is 1. The van der Waals surface area contributed by atoms with Gasteiger partial charge in [0.15, 0.2) is 28.4 Å². The van der Waals surface area contributed by atoms with Crippen LogP contribution < -0.4 is 4.74 Å². The third-order valence-corrected chi connectivity index (χ3v) is 6.88. The van der Waals surface area contributed by atoms with Gasteiger partial charge in [-0.05, 0) is 62.7 Å². The summed E-state index contributed by atoms with van der Waals surface area (Å²) in [6, 6.07) is 7.54. The summed E-state index contributed by atoms with van der Waals surface area (Å²) >= 11 is 1.37. The third kappa shape index (κ3) is 11.8. The summed E-state index contributed by atoms with van der Waals surface area (Å²) in [7, 11) is 1.92. The van der Waals surface area contributed by atoms with Gasteiger partial charge >= 0.3 is 11.9 Å². The SMILES string of the molecule is CS/C(=N\c1c(F)cccc1F)N(C)C1CCN(CCCCOc2ccc(F)c(F)c2)CC1.O=C(O)/C=C/C(=O)O. The lowest BCUT2D eigenvalue weighted by molar-refractivity contribution is -0.134. The van der Waals surface area contributed by atoms with E-state index in [2.05, 4.69) is 9.89 Å². The largest absolute Gasteiger partial charge is 0.493 e.